The molecule has 2 aromatic carbocycles. The van der Waals surface area contributed by atoms with Crippen molar-refractivity contribution < 1.29 is 19.6 Å². The smallest absolute Gasteiger partial charge is 0.220 e. The van der Waals surface area contributed by atoms with Crippen LogP contribution in [0.1, 0.15) is 41.6 Å². The Balaban J connectivity index is 2.11. The number of hydrogen-bond donors (Lipinski definition) is 1. The number of nitrogens with zero attached hydrogens (tertiary/aromatic N) is 1. The van der Waals surface area contributed by atoms with Gasteiger partial charge in [-0.05, 0) is 43.2 Å². The zero-order valence-corrected chi connectivity index (χ0v) is 16.4. The molecule has 1 saturated carbocycles. The van der Waals surface area contributed by atoms with Gasteiger partial charge in [0.25, 0.3) is 0 Å². The van der Waals surface area contributed by atoms with E-state index < -0.39 is 23.5 Å². The highest BCUT2D eigenvalue weighted by atomic mass is 35.5. The van der Waals surface area contributed by atoms with Crippen molar-refractivity contribution in [3.63, 3.8) is 0 Å². The molecule has 1 aliphatic carbocycles. The predicted octanol–water partition coefficient (Wildman–Crippen LogP) is 4.12. The molecular weight excluding hydrogens is 382 g/mol. The van der Waals surface area contributed by atoms with Crippen LogP contribution < -0.4 is 4.74 Å². The third-order valence-corrected chi connectivity index (χ3v) is 5.79. The van der Waals surface area contributed by atoms with Crippen molar-refractivity contribution in [3.05, 3.63) is 74.8 Å². The lowest BCUT2D eigenvalue weighted by atomic mass is 9.63. The summed E-state index contributed by atoms with van der Waals surface area (Å²) in [6, 6.07) is 12.3. The number of Topliss-reactive ketones (excluding diaryl/α,β-unsaturated/α-hetero) is 1. The lowest BCUT2D eigenvalue weighted by molar-refractivity contribution is -0.533. The second-order valence-electron chi connectivity index (χ2n) is 7.40. The first-order chi connectivity index (χ1) is 13.2. The van der Waals surface area contributed by atoms with Crippen LogP contribution >= 0.6 is 11.6 Å². The topological polar surface area (TPSA) is 89.7 Å². The highest BCUT2D eigenvalue weighted by Gasteiger charge is 2.54. The number of halogens is 1. The van der Waals surface area contributed by atoms with E-state index in [0.29, 0.717) is 21.9 Å². The molecule has 6 nitrogen and oxygen atoms in total. The highest BCUT2D eigenvalue weighted by Crippen LogP contribution is 2.46. The molecule has 148 valence electrons. The van der Waals surface area contributed by atoms with Crippen molar-refractivity contribution >= 4 is 17.4 Å². The Morgan fingerprint density at radius 1 is 1.29 bits per heavy atom. The number of nitro groups is 1. The molecule has 2 aromatic rings. The van der Waals surface area contributed by atoms with E-state index in [-0.39, 0.29) is 23.5 Å². The van der Waals surface area contributed by atoms with Gasteiger partial charge in [-0.15, -0.1) is 0 Å². The Hall–Kier alpha value is -2.44. The lowest BCUT2D eigenvalue weighted by Crippen LogP contribution is -2.52. The maximum absolute atomic E-state index is 13.4. The van der Waals surface area contributed by atoms with Gasteiger partial charge in [-0.1, -0.05) is 35.9 Å². The first-order valence-electron chi connectivity index (χ1n) is 9.04. The molecule has 28 heavy (non-hydrogen) atoms. The first-order valence-corrected chi connectivity index (χ1v) is 9.42. The molecular formula is C21H22ClNO5. The summed E-state index contributed by atoms with van der Waals surface area (Å²) < 4.78 is 5.16. The molecule has 3 rings (SSSR count). The van der Waals surface area contributed by atoms with Crippen LogP contribution in [0.15, 0.2) is 48.5 Å². The molecule has 0 bridgehead atoms. The maximum Gasteiger partial charge on any atom is 0.220 e. The summed E-state index contributed by atoms with van der Waals surface area (Å²) in [5, 5.41) is 23.3. The molecule has 0 amide bonds. The maximum atomic E-state index is 13.4. The molecule has 0 radical (unpaired) electrons. The van der Waals surface area contributed by atoms with E-state index in [1.54, 1.807) is 49.4 Å². The minimum absolute atomic E-state index is 0.169. The number of ketones is 1. The number of methoxy groups -OCH3 is 1. The fraction of sp³-hybridized carbons (Fsp3) is 0.381. The van der Waals surface area contributed by atoms with Crippen molar-refractivity contribution in [2.24, 2.45) is 5.92 Å². The Bertz CT molecular complexity index is 881. The van der Waals surface area contributed by atoms with Crippen molar-refractivity contribution in [2.45, 2.75) is 37.3 Å². The zero-order chi connectivity index (χ0) is 20.5. The average molecular weight is 404 g/mol. The summed E-state index contributed by atoms with van der Waals surface area (Å²) in [4.78, 5) is 24.8. The summed E-state index contributed by atoms with van der Waals surface area (Å²) in [6.45, 7) is 1.58. The number of carbonyl (C=O) groups excluding carboxylic acids is 1. The SMILES string of the molecule is COc1ccc([C@@H]2[C@@H]([N+](=O)[O-])CC[C@@](C)(O)[C@H]2C(=O)c2cccc(Cl)c2)cc1. The highest BCUT2D eigenvalue weighted by molar-refractivity contribution is 6.31. The van der Waals surface area contributed by atoms with Gasteiger partial charge in [-0.3, -0.25) is 14.9 Å². The predicted molar refractivity (Wildman–Crippen MR) is 106 cm³/mol. The van der Waals surface area contributed by atoms with E-state index in [4.69, 9.17) is 16.3 Å². The van der Waals surface area contributed by atoms with Crippen LogP contribution in [-0.4, -0.2) is 34.6 Å². The summed E-state index contributed by atoms with van der Waals surface area (Å²) in [6.07, 6.45) is 0.359. The van der Waals surface area contributed by atoms with E-state index in [9.17, 15) is 20.0 Å². The largest absolute Gasteiger partial charge is 0.497 e. The van der Waals surface area contributed by atoms with Crippen LogP contribution in [-0.2, 0) is 0 Å². The van der Waals surface area contributed by atoms with E-state index in [1.165, 1.54) is 13.2 Å². The fourth-order valence-corrected chi connectivity index (χ4v) is 4.32. The van der Waals surface area contributed by atoms with Crippen molar-refractivity contribution in [2.75, 3.05) is 7.11 Å². The second kappa shape index (κ2) is 7.89. The molecule has 1 aliphatic rings. The Morgan fingerprint density at radius 3 is 2.54 bits per heavy atom. The quantitative estimate of drug-likeness (QED) is 0.460. The van der Waals surface area contributed by atoms with Crippen molar-refractivity contribution in [1.29, 1.82) is 0 Å². The van der Waals surface area contributed by atoms with Crippen LogP contribution in [0.25, 0.3) is 0 Å². The van der Waals surface area contributed by atoms with Crippen LogP contribution in [0.5, 0.6) is 5.75 Å². The zero-order valence-electron chi connectivity index (χ0n) is 15.7. The molecule has 0 aliphatic heterocycles. The van der Waals surface area contributed by atoms with Gasteiger partial charge < -0.3 is 9.84 Å². The van der Waals surface area contributed by atoms with E-state index in [1.807, 2.05) is 0 Å². The number of aliphatic hydroxyl groups is 1. The van der Waals surface area contributed by atoms with Crippen molar-refractivity contribution in [3.8, 4) is 5.75 Å². The third-order valence-electron chi connectivity index (χ3n) is 5.55. The molecule has 0 heterocycles. The Morgan fingerprint density at radius 2 is 1.96 bits per heavy atom. The number of benzene rings is 2. The number of hydrogen-bond acceptors (Lipinski definition) is 5. The molecule has 0 spiro atoms. The average Bonchev–Trinajstić information content (AvgIpc) is 2.66. The minimum atomic E-state index is -1.38. The molecule has 0 aromatic heterocycles. The van der Waals surface area contributed by atoms with Gasteiger partial charge in [0.1, 0.15) is 5.75 Å². The van der Waals surface area contributed by atoms with E-state index in [2.05, 4.69) is 0 Å². The standard InChI is InChI=1S/C21H22ClNO5/c1-21(25)11-10-17(23(26)27)18(13-6-8-16(28-2)9-7-13)19(21)20(24)14-4-3-5-15(22)12-14/h3-9,12,17-19,25H,10-11H2,1-2H3/t17-,18+,19+,21+/m0/s1. The minimum Gasteiger partial charge on any atom is -0.497 e. The number of ether oxygens (including phenoxy) is 1. The normalized spacial score (nSPS) is 27.2. The van der Waals surface area contributed by atoms with Crippen LogP contribution in [0, 0.1) is 16.0 Å². The third kappa shape index (κ3) is 3.88. The lowest BCUT2D eigenvalue weighted by Gasteiger charge is -2.43. The van der Waals surface area contributed by atoms with Gasteiger partial charge in [-0.25, -0.2) is 0 Å². The molecule has 0 unspecified atom stereocenters. The number of carbonyl (C=O) groups is 1. The first kappa shape index (κ1) is 20.3. The molecule has 1 N–H and O–H groups in total. The Kier molecular flexibility index (Phi) is 5.72. The molecule has 1 fully saturated rings. The summed E-state index contributed by atoms with van der Waals surface area (Å²) in [5.41, 5.74) is -0.417. The van der Waals surface area contributed by atoms with Gasteiger partial charge in [0.15, 0.2) is 5.78 Å². The summed E-state index contributed by atoms with van der Waals surface area (Å²) in [5.74, 6) is -1.47. The van der Waals surface area contributed by atoms with Gasteiger partial charge in [0.2, 0.25) is 6.04 Å². The van der Waals surface area contributed by atoms with Gasteiger partial charge in [-0.2, -0.15) is 0 Å². The molecule has 4 atom stereocenters. The van der Waals surface area contributed by atoms with E-state index >= 15 is 0 Å². The van der Waals surface area contributed by atoms with Gasteiger partial charge in [0, 0.05) is 21.9 Å². The van der Waals surface area contributed by atoms with Gasteiger partial charge >= 0.3 is 0 Å². The second-order valence-corrected chi connectivity index (χ2v) is 7.84. The summed E-state index contributed by atoms with van der Waals surface area (Å²) in [7, 11) is 1.53. The van der Waals surface area contributed by atoms with Crippen LogP contribution in [0.3, 0.4) is 0 Å². The van der Waals surface area contributed by atoms with Crippen molar-refractivity contribution in [1.82, 2.24) is 0 Å². The fourth-order valence-electron chi connectivity index (χ4n) is 4.13. The van der Waals surface area contributed by atoms with Gasteiger partial charge in [0.05, 0.1) is 24.5 Å². The molecule has 0 saturated heterocycles. The monoisotopic (exact) mass is 403 g/mol. The molecule has 7 heteroatoms. The van der Waals surface area contributed by atoms with E-state index in [0.717, 1.165) is 0 Å². The summed E-state index contributed by atoms with van der Waals surface area (Å²) >= 11 is 6.03. The van der Waals surface area contributed by atoms with Crippen LogP contribution in [0.4, 0.5) is 0 Å². The van der Waals surface area contributed by atoms with Crippen LogP contribution in [0.2, 0.25) is 5.02 Å². The number of rotatable bonds is 5. The Labute approximate surface area is 168 Å².